The molecule has 2 aromatic carbocycles. The van der Waals surface area contributed by atoms with E-state index in [1.54, 1.807) is 12.1 Å². The average molecular weight is 319 g/mol. The minimum atomic E-state index is -3.83. The van der Waals surface area contributed by atoms with Gasteiger partial charge in [0.05, 0.1) is 4.90 Å². The Hall–Kier alpha value is -2.11. The summed E-state index contributed by atoms with van der Waals surface area (Å²) in [4.78, 5) is 0.0995. The van der Waals surface area contributed by atoms with Crippen LogP contribution in [0.5, 0.6) is 0 Å². The molecule has 0 fully saturated rings. The number of benzene rings is 2. The van der Waals surface area contributed by atoms with Crippen molar-refractivity contribution in [1.82, 2.24) is 0 Å². The molecule has 1 aliphatic rings. The van der Waals surface area contributed by atoms with Crippen LogP contribution in [-0.4, -0.2) is 14.3 Å². The third-order valence-corrected chi connectivity index (χ3v) is 4.71. The summed E-state index contributed by atoms with van der Waals surface area (Å²) in [7, 11) is -3.83. The van der Waals surface area contributed by atoms with Crippen LogP contribution in [0.3, 0.4) is 0 Å². The predicted molar refractivity (Wildman–Crippen MR) is 83.8 cm³/mol. The summed E-state index contributed by atoms with van der Waals surface area (Å²) in [5.41, 5.74) is 7.74. The number of sulfonamides is 1. The van der Waals surface area contributed by atoms with Gasteiger partial charge in [0.25, 0.3) is 10.0 Å². The molecule has 0 spiro atoms. The summed E-state index contributed by atoms with van der Waals surface area (Å²) in [6.45, 7) is 0. The van der Waals surface area contributed by atoms with Gasteiger partial charge in [0.2, 0.25) is 0 Å². The number of amidine groups is 1. The fourth-order valence-corrected chi connectivity index (χ4v) is 3.52. The molecule has 2 N–H and O–H groups in total. The van der Waals surface area contributed by atoms with Crippen LogP contribution in [0.25, 0.3) is 5.57 Å². The molecule has 2 aromatic rings. The summed E-state index contributed by atoms with van der Waals surface area (Å²) in [6, 6.07) is 14.0. The first kappa shape index (κ1) is 13.9. The lowest BCUT2D eigenvalue weighted by molar-refractivity contribution is 0.598. The molecule has 4 nitrogen and oxygen atoms in total. The van der Waals surface area contributed by atoms with Crippen LogP contribution in [0.4, 0.5) is 0 Å². The zero-order valence-electron chi connectivity index (χ0n) is 10.8. The van der Waals surface area contributed by atoms with Crippen LogP contribution in [0.2, 0.25) is 5.02 Å². The third-order valence-electron chi connectivity index (χ3n) is 3.11. The zero-order chi connectivity index (χ0) is 15.0. The van der Waals surface area contributed by atoms with Crippen LogP contribution in [0, 0.1) is 0 Å². The fraction of sp³-hybridized carbons (Fsp3) is 0. The van der Waals surface area contributed by atoms with Gasteiger partial charge in [0.1, 0.15) is 5.84 Å². The summed E-state index contributed by atoms with van der Waals surface area (Å²) < 4.78 is 28.1. The Morgan fingerprint density at radius 3 is 2.48 bits per heavy atom. The van der Waals surface area contributed by atoms with Crippen molar-refractivity contribution >= 4 is 33.0 Å². The lowest BCUT2D eigenvalue weighted by Gasteiger charge is -2.10. The monoisotopic (exact) mass is 318 g/mol. The molecule has 0 saturated carbocycles. The van der Waals surface area contributed by atoms with E-state index < -0.39 is 10.0 Å². The van der Waals surface area contributed by atoms with Gasteiger partial charge in [0.15, 0.2) is 0 Å². The van der Waals surface area contributed by atoms with Crippen molar-refractivity contribution in [2.45, 2.75) is 4.90 Å². The van der Waals surface area contributed by atoms with Crippen LogP contribution in [0.15, 0.2) is 63.9 Å². The van der Waals surface area contributed by atoms with E-state index in [0.717, 1.165) is 5.56 Å². The highest BCUT2D eigenvalue weighted by atomic mass is 35.5. The summed E-state index contributed by atoms with van der Waals surface area (Å²) >= 11 is 6.02. The van der Waals surface area contributed by atoms with Crippen LogP contribution in [0.1, 0.15) is 11.1 Å². The molecule has 0 atom stereocenters. The van der Waals surface area contributed by atoms with Crippen molar-refractivity contribution in [2.75, 3.05) is 0 Å². The summed E-state index contributed by atoms with van der Waals surface area (Å²) in [5, 5.41) is 0.450. The van der Waals surface area contributed by atoms with Crippen molar-refractivity contribution in [3.8, 4) is 0 Å². The highest BCUT2D eigenvalue weighted by Crippen LogP contribution is 2.33. The Balaban J connectivity index is 2.36. The third kappa shape index (κ3) is 2.57. The van der Waals surface area contributed by atoms with Crippen molar-refractivity contribution in [1.29, 1.82) is 0 Å². The predicted octanol–water partition coefficient (Wildman–Crippen LogP) is 2.83. The largest absolute Gasteiger partial charge is 0.383 e. The maximum absolute atomic E-state index is 12.2. The van der Waals surface area contributed by atoms with Crippen LogP contribution >= 0.6 is 11.6 Å². The SMILES string of the molecule is NC1=NS(=O)(=O)c2ccc(Cl)cc2C(c2ccccc2)=C1. The second kappa shape index (κ2) is 5.02. The molecule has 21 heavy (non-hydrogen) atoms. The molecule has 0 amide bonds. The topological polar surface area (TPSA) is 72.5 Å². The van der Waals surface area contributed by atoms with Gasteiger partial charge in [-0.15, -0.1) is 4.40 Å². The number of nitrogens with zero attached hydrogens (tertiary/aromatic N) is 1. The first-order valence-corrected chi connectivity index (χ1v) is 7.97. The molecule has 1 aliphatic heterocycles. The van der Waals surface area contributed by atoms with E-state index in [2.05, 4.69) is 4.40 Å². The van der Waals surface area contributed by atoms with Gasteiger partial charge in [-0.2, -0.15) is 8.42 Å². The van der Waals surface area contributed by atoms with E-state index in [-0.39, 0.29) is 10.7 Å². The molecule has 0 unspecified atom stereocenters. The van der Waals surface area contributed by atoms with Crippen molar-refractivity contribution in [2.24, 2.45) is 10.1 Å². The minimum absolute atomic E-state index is 0.0545. The maximum Gasteiger partial charge on any atom is 0.284 e. The van der Waals surface area contributed by atoms with Gasteiger partial charge in [-0.1, -0.05) is 41.9 Å². The number of hydrogen-bond acceptors (Lipinski definition) is 3. The number of rotatable bonds is 1. The Bertz CT molecular complexity index is 872. The lowest BCUT2D eigenvalue weighted by Crippen LogP contribution is -2.10. The quantitative estimate of drug-likeness (QED) is 0.878. The number of fused-ring (bicyclic) bond motifs is 1. The molecule has 0 bridgehead atoms. The van der Waals surface area contributed by atoms with Gasteiger partial charge < -0.3 is 5.73 Å². The summed E-state index contributed by atoms with van der Waals surface area (Å²) in [6.07, 6.45) is 1.55. The fourth-order valence-electron chi connectivity index (χ4n) is 2.23. The second-order valence-electron chi connectivity index (χ2n) is 4.56. The normalized spacial score (nSPS) is 16.4. The van der Waals surface area contributed by atoms with Crippen LogP contribution < -0.4 is 5.73 Å². The molecular weight excluding hydrogens is 308 g/mol. The standard InChI is InChI=1S/C15H11ClN2O2S/c16-11-6-7-14-13(8-11)12(10-4-2-1-3-5-10)9-15(17)18-21(14,19)20/h1-9H,(H2,17,18). The maximum atomic E-state index is 12.2. The number of nitrogens with two attached hydrogens (primary N) is 1. The van der Waals surface area contributed by atoms with E-state index in [9.17, 15) is 8.42 Å². The lowest BCUT2D eigenvalue weighted by atomic mass is 9.97. The van der Waals surface area contributed by atoms with E-state index in [4.69, 9.17) is 17.3 Å². The van der Waals surface area contributed by atoms with Crippen molar-refractivity contribution in [3.05, 3.63) is 70.8 Å². The molecule has 0 radical (unpaired) electrons. The molecule has 106 valence electrons. The van der Waals surface area contributed by atoms with E-state index in [1.165, 1.54) is 12.1 Å². The first-order valence-electron chi connectivity index (χ1n) is 6.15. The van der Waals surface area contributed by atoms with Gasteiger partial charge >= 0.3 is 0 Å². The molecule has 3 rings (SSSR count). The van der Waals surface area contributed by atoms with E-state index in [0.29, 0.717) is 16.2 Å². The smallest absolute Gasteiger partial charge is 0.284 e. The highest BCUT2D eigenvalue weighted by Gasteiger charge is 2.24. The summed E-state index contributed by atoms with van der Waals surface area (Å²) in [5.74, 6) is -0.0545. The second-order valence-corrected chi connectivity index (χ2v) is 6.56. The molecular formula is C15H11ClN2O2S. The van der Waals surface area contributed by atoms with Gasteiger partial charge in [-0.3, -0.25) is 0 Å². The highest BCUT2D eigenvalue weighted by molar-refractivity contribution is 7.90. The minimum Gasteiger partial charge on any atom is -0.383 e. The van der Waals surface area contributed by atoms with E-state index >= 15 is 0 Å². The molecule has 6 heteroatoms. The van der Waals surface area contributed by atoms with Gasteiger partial charge in [-0.25, -0.2) is 0 Å². The molecule has 0 aliphatic carbocycles. The van der Waals surface area contributed by atoms with Gasteiger partial charge in [0, 0.05) is 10.6 Å². The average Bonchev–Trinajstić information content (AvgIpc) is 2.53. The Labute approximate surface area is 127 Å². The van der Waals surface area contributed by atoms with Crippen molar-refractivity contribution < 1.29 is 8.42 Å². The number of hydrogen-bond donors (Lipinski definition) is 1. The zero-order valence-corrected chi connectivity index (χ0v) is 12.4. The number of halogens is 1. The van der Waals surface area contributed by atoms with E-state index in [1.807, 2.05) is 30.3 Å². The first-order chi connectivity index (χ1) is 9.97. The van der Waals surface area contributed by atoms with Gasteiger partial charge in [-0.05, 0) is 35.4 Å². The van der Waals surface area contributed by atoms with Crippen LogP contribution in [-0.2, 0) is 10.0 Å². The Kier molecular flexibility index (Phi) is 3.31. The Morgan fingerprint density at radius 1 is 1.05 bits per heavy atom. The Morgan fingerprint density at radius 2 is 1.76 bits per heavy atom. The van der Waals surface area contributed by atoms with Crippen molar-refractivity contribution in [3.63, 3.8) is 0 Å². The molecule has 1 heterocycles. The molecule has 0 saturated heterocycles. The molecule has 0 aromatic heterocycles.